The number of aromatic nitrogens is 1. The molecule has 7 heteroatoms. The number of carbonyl (C=O) groups is 1. The van der Waals surface area contributed by atoms with Crippen molar-refractivity contribution in [3.05, 3.63) is 79.3 Å². The van der Waals surface area contributed by atoms with Crippen molar-refractivity contribution in [3.8, 4) is 5.75 Å². The van der Waals surface area contributed by atoms with Crippen LogP contribution in [0.25, 0.3) is 6.08 Å². The molecule has 3 aromatic rings. The van der Waals surface area contributed by atoms with Gasteiger partial charge in [-0.05, 0) is 43.7 Å². The summed E-state index contributed by atoms with van der Waals surface area (Å²) in [5.41, 5.74) is 1.71. The van der Waals surface area contributed by atoms with Crippen LogP contribution in [-0.4, -0.2) is 30.2 Å². The summed E-state index contributed by atoms with van der Waals surface area (Å²) in [5.74, 6) is 0.0681. The minimum absolute atomic E-state index is 0.0423. The van der Waals surface area contributed by atoms with E-state index in [1.165, 1.54) is 11.3 Å². The molecule has 3 heterocycles. The maximum atomic E-state index is 13.5. The second-order valence-corrected chi connectivity index (χ2v) is 9.40. The van der Waals surface area contributed by atoms with Gasteiger partial charge in [0.2, 0.25) is 5.72 Å². The normalized spacial score (nSPS) is 23.9. The van der Waals surface area contributed by atoms with Crippen LogP contribution in [0.3, 0.4) is 0 Å². The summed E-state index contributed by atoms with van der Waals surface area (Å²) in [6.07, 6.45) is 1.88. The molecular formula is C24H23N3O3S. The number of para-hydroxylation sites is 1. The zero-order valence-electron chi connectivity index (χ0n) is 17.8. The van der Waals surface area contributed by atoms with Gasteiger partial charge in [0.05, 0.1) is 10.6 Å². The van der Waals surface area contributed by atoms with Crippen LogP contribution in [0.1, 0.15) is 31.0 Å². The number of ether oxygens (including phenoxy) is 1. The molecule has 158 valence electrons. The Balaban J connectivity index is 1.73. The van der Waals surface area contributed by atoms with Crippen molar-refractivity contribution in [2.45, 2.75) is 25.6 Å². The fraction of sp³-hybridized carbons (Fsp3) is 0.292. The molecule has 0 N–H and O–H groups in total. The van der Waals surface area contributed by atoms with E-state index >= 15 is 0 Å². The molecule has 0 aliphatic carbocycles. The zero-order chi connectivity index (χ0) is 21.9. The minimum Gasteiger partial charge on any atom is -0.465 e. The molecule has 2 bridgehead atoms. The third-order valence-corrected chi connectivity index (χ3v) is 7.01. The Kier molecular flexibility index (Phi) is 4.41. The number of anilines is 1. The SMILES string of the molecule is CC(=O)C1C2c3ccccc3O[C@]1(C)N=c1s/c(=C/c3ccc(N(C)C)cc3)c(=O)n12. The third-order valence-electron chi connectivity index (χ3n) is 6.02. The highest BCUT2D eigenvalue weighted by molar-refractivity contribution is 7.07. The molecule has 0 saturated heterocycles. The Hall–Kier alpha value is -3.19. The van der Waals surface area contributed by atoms with E-state index in [0.717, 1.165) is 16.8 Å². The molecule has 0 amide bonds. The molecule has 2 aromatic carbocycles. The van der Waals surface area contributed by atoms with Crippen LogP contribution in [0.2, 0.25) is 0 Å². The van der Waals surface area contributed by atoms with Gasteiger partial charge in [0.1, 0.15) is 17.5 Å². The van der Waals surface area contributed by atoms with Crippen LogP contribution in [0.4, 0.5) is 5.69 Å². The van der Waals surface area contributed by atoms with Gasteiger partial charge in [-0.1, -0.05) is 41.7 Å². The van der Waals surface area contributed by atoms with E-state index < -0.39 is 17.7 Å². The Bertz CT molecular complexity index is 1370. The lowest BCUT2D eigenvalue weighted by Crippen LogP contribution is -2.58. The number of ketones is 1. The number of hydrogen-bond acceptors (Lipinski definition) is 6. The Morgan fingerprint density at radius 3 is 2.58 bits per heavy atom. The summed E-state index contributed by atoms with van der Waals surface area (Å²) in [5, 5.41) is 0. The Morgan fingerprint density at radius 1 is 1.19 bits per heavy atom. The summed E-state index contributed by atoms with van der Waals surface area (Å²) in [4.78, 5) is 33.6. The highest BCUT2D eigenvalue weighted by Gasteiger charge is 2.53. The van der Waals surface area contributed by atoms with Crippen molar-refractivity contribution in [2.75, 3.05) is 19.0 Å². The largest absolute Gasteiger partial charge is 0.465 e. The van der Waals surface area contributed by atoms with Gasteiger partial charge in [-0.15, -0.1) is 0 Å². The number of fused-ring (bicyclic) bond motifs is 6. The summed E-state index contributed by atoms with van der Waals surface area (Å²) >= 11 is 1.34. The van der Waals surface area contributed by atoms with Crippen molar-refractivity contribution < 1.29 is 9.53 Å². The zero-order valence-corrected chi connectivity index (χ0v) is 18.6. The first-order valence-corrected chi connectivity index (χ1v) is 11.0. The maximum Gasteiger partial charge on any atom is 0.270 e. The topological polar surface area (TPSA) is 63.9 Å². The molecule has 2 aliphatic rings. The van der Waals surface area contributed by atoms with E-state index in [-0.39, 0.29) is 11.3 Å². The van der Waals surface area contributed by atoms with E-state index in [1.54, 1.807) is 11.5 Å². The van der Waals surface area contributed by atoms with Gasteiger partial charge in [-0.2, -0.15) is 0 Å². The summed E-state index contributed by atoms with van der Waals surface area (Å²) in [6, 6.07) is 15.2. The first-order chi connectivity index (χ1) is 14.8. The van der Waals surface area contributed by atoms with Gasteiger partial charge in [-0.3, -0.25) is 14.2 Å². The lowest BCUT2D eigenvalue weighted by molar-refractivity contribution is -0.132. The molecule has 5 rings (SSSR count). The van der Waals surface area contributed by atoms with Gasteiger partial charge in [0.25, 0.3) is 5.56 Å². The van der Waals surface area contributed by atoms with Crippen LogP contribution in [0.15, 0.2) is 58.3 Å². The fourth-order valence-corrected chi connectivity index (χ4v) is 5.68. The van der Waals surface area contributed by atoms with E-state index in [9.17, 15) is 9.59 Å². The minimum atomic E-state index is -1.03. The average molecular weight is 434 g/mol. The number of carbonyl (C=O) groups excluding carboxylic acids is 1. The quantitative estimate of drug-likeness (QED) is 0.636. The maximum absolute atomic E-state index is 13.5. The molecule has 31 heavy (non-hydrogen) atoms. The molecule has 0 radical (unpaired) electrons. The number of nitrogens with zero attached hydrogens (tertiary/aromatic N) is 3. The molecule has 0 saturated carbocycles. The van der Waals surface area contributed by atoms with E-state index in [0.29, 0.717) is 15.1 Å². The Labute approximate surface area is 183 Å². The number of hydrogen-bond donors (Lipinski definition) is 0. The van der Waals surface area contributed by atoms with Gasteiger partial charge in [-0.25, -0.2) is 4.99 Å². The molecule has 0 fully saturated rings. The van der Waals surface area contributed by atoms with Crippen LogP contribution >= 0.6 is 11.3 Å². The summed E-state index contributed by atoms with van der Waals surface area (Å²) < 4.78 is 8.48. The predicted octanol–water partition coefficient (Wildman–Crippen LogP) is 2.34. The highest BCUT2D eigenvalue weighted by Crippen LogP contribution is 2.47. The second-order valence-electron chi connectivity index (χ2n) is 8.39. The van der Waals surface area contributed by atoms with Crippen molar-refractivity contribution >= 4 is 28.9 Å². The van der Waals surface area contributed by atoms with Crippen molar-refractivity contribution in [1.82, 2.24) is 4.57 Å². The standard InChI is InChI=1S/C24H23N3O3S/c1-14(28)20-21-17-7-5-6-8-18(17)30-24(20,2)25-23-27(21)22(29)19(31-23)13-15-9-11-16(12-10-15)26(3)4/h5-13,20-21H,1-4H3/b19-13+/t20?,21?,24-/m0/s1. The van der Waals surface area contributed by atoms with Gasteiger partial charge in [0.15, 0.2) is 4.80 Å². The predicted molar refractivity (Wildman–Crippen MR) is 121 cm³/mol. The second kappa shape index (κ2) is 6.92. The Morgan fingerprint density at radius 2 is 1.90 bits per heavy atom. The third kappa shape index (κ3) is 3.03. The summed E-state index contributed by atoms with van der Waals surface area (Å²) in [7, 11) is 3.98. The van der Waals surface area contributed by atoms with Gasteiger partial charge in [0, 0.05) is 25.3 Å². The van der Waals surface area contributed by atoms with E-state index in [1.807, 2.05) is 80.5 Å². The monoisotopic (exact) mass is 433 g/mol. The van der Waals surface area contributed by atoms with Crippen LogP contribution in [0, 0.1) is 5.92 Å². The summed E-state index contributed by atoms with van der Waals surface area (Å²) in [6.45, 7) is 3.38. The van der Waals surface area contributed by atoms with Gasteiger partial charge < -0.3 is 9.64 Å². The molecule has 2 aliphatic heterocycles. The van der Waals surface area contributed by atoms with Crippen LogP contribution in [-0.2, 0) is 4.79 Å². The fourth-order valence-electron chi connectivity index (χ4n) is 4.58. The first kappa shape index (κ1) is 19.8. The number of Topliss-reactive ketones (excluding diaryl/α,β-unsaturated/α-hetero) is 1. The molecule has 3 atom stereocenters. The van der Waals surface area contributed by atoms with Crippen molar-refractivity contribution in [3.63, 3.8) is 0 Å². The molecule has 2 unspecified atom stereocenters. The lowest BCUT2D eigenvalue weighted by atomic mass is 9.79. The first-order valence-electron chi connectivity index (χ1n) is 10.2. The molecule has 1 aromatic heterocycles. The molecular weight excluding hydrogens is 410 g/mol. The van der Waals surface area contributed by atoms with Gasteiger partial charge >= 0.3 is 0 Å². The van der Waals surface area contributed by atoms with E-state index in [2.05, 4.69) is 0 Å². The van der Waals surface area contributed by atoms with E-state index in [4.69, 9.17) is 9.73 Å². The van der Waals surface area contributed by atoms with Crippen LogP contribution < -0.4 is 24.5 Å². The number of rotatable bonds is 3. The van der Waals surface area contributed by atoms with Crippen LogP contribution in [0.5, 0.6) is 5.75 Å². The molecule has 6 nitrogen and oxygen atoms in total. The molecule has 0 spiro atoms. The lowest BCUT2D eigenvalue weighted by Gasteiger charge is -2.45. The number of thiazole rings is 1. The highest BCUT2D eigenvalue weighted by atomic mass is 32.1. The average Bonchev–Trinajstić information content (AvgIpc) is 3.01. The number of benzene rings is 2. The smallest absolute Gasteiger partial charge is 0.270 e. The van der Waals surface area contributed by atoms with Crippen molar-refractivity contribution in [1.29, 1.82) is 0 Å². The van der Waals surface area contributed by atoms with Crippen molar-refractivity contribution in [2.24, 2.45) is 10.9 Å².